The van der Waals surface area contributed by atoms with Gasteiger partial charge in [0.25, 0.3) is 5.56 Å². The number of amides is 1. The van der Waals surface area contributed by atoms with Gasteiger partial charge in [0.2, 0.25) is 5.91 Å². The van der Waals surface area contributed by atoms with E-state index in [0.29, 0.717) is 28.8 Å². The van der Waals surface area contributed by atoms with Crippen LogP contribution in [0.25, 0.3) is 0 Å². The van der Waals surface area contributed by atoms with Gasteiger partial charge in [0.1, 0.15) is 6.54 Å². The number of thioether (sulfide) groups is 1. The number of rotatable bonds is 7. The summed E-state index contributed by atoms with van der Waals surface area (Å²) in [6.45, 7) is 7.38. The molecule has 4 atom stereocenters. The van der Waals surface area contributed by atoms with Crippen molar-refractivity contribution >= 4 is 23.4 Å². The van der Waals surface area contributed by atoms with Crippen LogP contribution >= 0.6 is 11.8 Å². The zero-order valence-electron chi connectivity index (χ0n) is 18.6. The van der Waals surface area contributed by atoms with Crippen LogP contribution in [0.2, 0.25) is 0 Å². The van der Waals surface area contributed by atoms with Gasteiger partial charge in [-0.25, -0.2) is 4.68 Å². The predicted molar refractivity (Wildman–Crippen MR) is 123 cm³/mol. The Balaban J connectivity index is 1.43. The fourth-order valence-electron chi connectivity index (χ4n) is 5.32. The molecule has 3 saturated carbocycles. The number of fused-ring (bicyclic) bond motifs is 2. The van der Waals surface area contributed by atoms with Gasteiger partial charge in [-0.15, -0.1) is 11.8 Å². The van der Waals surface area contributed by atoms with E-state index in [4.69, 9.17) is 0 Å². The standard InChI is InChI=1S/C23H31N5O2S/c1-14-17-9-16(23(17,2)3)10-18(14)27-19-12-26-28(22(30)21(19)31-4)13-20(29)25-11-15-5-7-24-8-6-15/h5-8,12,14,16-18,27H,9-11,13H2,1-4H3,(H,25,29)/t14-,16+,17?,18-/m1/s1. The van der Waals surface area contributed by atoms with Crippen molar-refractivity contribution in [1.29, 1.82) is 0 Å². The number of hydrogen-bond acceptors (Lipinski definition) is 6. The summed E-state index contributed by atoms with van der Waals surface area (Å²) in [6.07, 6.45) is 9.39. The fourth-order valence-corrected chi connectivity index (χ4v) is 5.93. The number of nitrogens with zero attached hydrogens (tertiary/aromatic N) is 3. The average molecular weight is 442 g/mol. The maximum atomic E-state index is 13.0. The Kier molecular flexibility index (Phi) is 6.10. The molecule has 2 aromatic heterocycles. The van der Waals surface area contributed by atoms with E-state index in [2.05, 4.69) is 41.5 Å². The molecule has 2 bridgehead atoms. The van der Waals surface area contributed by atoms with Crippen LogP contribution in [0.1, 0.15) is 39.2 Å². The summed E-state index contributed by atoms with van der Waals surface area (Å²) in [6, 6.07) is 4.03. The van der Waals surface area contributed by atoms with Crippen molar-refractivity contribution in [3.05, 3.63) is 46.6 Å². The van der Waals surface area contributed by atoms with Crippen molar-refractivity contribution in [1.82, 2.24) is 20.1 Å². The van der Waals surface area contributed by atoms with Crippen molar-refractivity contribution < 1.29 is 4.79 Å². The Labute approximate surface area is 187 Å². The predicted octanol–water partition coefficient (Wildman–Crippen LogP) is 3.16. The lowest BCUT2D eigenvalue weighted by Crippen LogP contribution is -2.58. The molecule has 2 aromatic rings. The molecule has 2 N–H and O–H groups in total. The van der Waals surface area contributed by atoms with E-state index in [9.17, 15) is 9.59 Å². The summed E-state index contributed by atoms with van der Waals surface area (Å²) in [5, 5.41) is 10.7. The summed E-state index contributed by atoms with van der Waals surface area (Å²) >= 11 is 1.40. The lowest BCUT2D eigenvalue weighted by atomic mass is 9.45. The number of carbonyl (C=O) groups excluding carboxylic acids is 1. The maximum Gasteiger partial charge on any atom is 0.283 e. The Morgan fingerprint density at radius 1 is 1.29 bits per heavy atom. The van der Waals surface area contributed by atoms with Gasteiger partial charge >= 0.3 is 0 Å². The molecule has 0 aliphatic heterocycles. The largest absolute Gasteiger partial charge is 0.380 e. The zero-order chi connectivity index (χ0) is 22.2. The van der Waals surface area contributed by atoms with E-state index in [-0.39, 0.29) is 18.0 Å². The summed E-state index contributed by atoms with van der Waals surface area (Å²) in [5.74, 6) is 1.76. The molecule has 1 unspecified atom stereocenters. The maximum absolute atomic E-state index is 13.0. The summed E-state index contributed by atoms with van der Waals surface area (Å²) in [7, 11) is 0. The topological polar surface area (TPSA) is 88.9 Å². The second-order valence-corrected chi connectivity index (χ2v) is 10.2. The van der Waals surface area contributed by atoms with E-state index in [1.807, 2.05) is 18.4 Å². The van der Waals surface area contributed by atoms with Crippen molar-refractivity contribution in [3.8, 4) is 0 Å². The average Bonchev–Trinajstić information content (AvgIpc) is 2.76. The molecule has 8 heteroatoms. The molecule has 31 heavy (non-hydrogen) atoms. The van der Waals surface area contributed by atoms with Crippen LogP contribution in [0.4, 0.5) is 5.69 Å². The quantitative estimate of drug-likeness (QED) is 0.642. The summed E-state index contributed by atoms with van der Waals surface area (Å²) in [5.41, 5.74) is 1.92. The van der Waals surface area contributed by atoms with E-state index in [1.54, 1.807) is 18.6 Å². The Morgan fingerprint density at radius 2 is 2.03 bits per heavy atom. The minimum atomic E-state index is -0.248. The molecule has 7 nitrogen and oxygen atoms in total. The molecule has 1 amide bonds. The molecule has 0 aromatic carbocycles. The smallest absolute Gasteiger partial charge is 0.283 e. The van der Waals surface area contributed by atoms with E-state index in [0.717, 1.165) is 29.5 Å². The SMILES string of the molecule is CSc1c(N[C@@H]2C[C@@H]3CC([C@H]2C)C3(C)C)cnn(CC(=O)NCc2ccncc2)c1=O. The van der Waals surface area contributed by atoms with Gasteiger partial charge < -0.3 is 10.6 Å². The third-order valence-corrected chi connectivity index (χ3v) is 8.23. The van der Waals surface area contributed by atoms with Crippen LogP contribution in [-0.4, -0.2) is 33.0 Å². The number of carbonyl (C=O) groups is 1. The van der Waals surface area contributed by atoms with Gasteiger partial charge in [-0.3, -0.25) is 14.6 Å². The van der Waals surface area contributed by atoms with Crippen molar-refractivity contribution in [3.63, 3.8) is 0 Å². The Morgan fingerprint density at radius 3 is 2.68 bits per heavy atom. The minimum absolute atomic E-state index is 0.101. The van der Waals surface area contributed by atoms with Crippen molar-refractivity contribution in [2.45, 2.75) is 57.6 Å². The van der Waals surface area contributed by atoms with Gasteiger partial charge in [0.05, 0.1) is 16.8 Å². The fraction of sp³-hybridized carbons (Fsp3) is 0.565. The van der Waals surface area contributed by atoms with Crippen molar-refractivity contribution in [2.24, 2.45) is 23.2 Å². The number of pyridine rings is 1. The second-order valence-electron chi connectivity index (χ2n) is 9.39. The minimum Gasteiger partial charge on any atom is -0.380 e. The van der Waals surface area contributed by atoms with Crippen LogP contribution < -0.4 is 16.2 Å². The van der Waals surface area contributed by atoms with E-state index >= 15 is 0 Å². The molecule has 0 saturated heterocycles. The number of anilines is 1. The molecule has 2 heterocycles. The van der Waals surface area contributed by atoms with Gasteiger partial charge in [-0.05, 0) is 60.0 Å². The zero-order valence-corrected chi connectivity index (χ0v) is 19.4. The van der Waals surface area contributed by atoms with Gasteiger partial charge in [0, 0.05) is 25.0 Å². The molecule has 3 aliphatic carbocycles. The van der Waals surface area contributed by atoms with Gasteiger partial charge in [-0.2, -0.15) is 5.10 Å². The number of hydrogen-bond donors (Lipinski definition) is 2. The molecule has 0 radical (unpaired) electrons. The summed E-state index contributed by atoms with van der Waals surface area (Å²) < 4.78 is 1.24. The third kappa shape index (κ3) is 4.22. The highest BCUT2D eigenvalue weighted by molar-refractivity contribution is 7.98. The lowest BCUT2D eigenvalue weighted by molar-refractivity contribution is -0.122. The molecule has 5 rings (SSSR count). The number of nitrogens with one attached hydrogen (secondary N) is 2. The monoisotopic (exact) mass is 441 g/mol. The first-order chi connectivity index (χ1) is 14.8. The third-order valence-electron chi connectivity index (χ3n) is 7.43. The van der Waals surface area contributed by atoms with Crippen LogP contribution in [0.3, 0.4) is 0 Å². The first-order valence-electron chi connectivity index (χ1n) is 10.9. The lowest BCUT2D eigenvalue weighted by Gasteiger charge is -2.62. The molecule has 3 aliphatic rings. The Bertz CT molecular complexity index is 1010. The Hall–Kier alpha value is -2.35. The van der Waals surface area contributed by atoms with Crippen LogP contribution in [0, 0.1) is 23.2 Å². The van der Waals surface area contributed by atoms with Crippen molar-refractivity contribution in [2.75, 3.05) is 11.6 Å². The normalized spacial score (nSPS) is 26.1. The van der Waals surface area contributed by atoms with Crippen LogP contribution in [-0.2, 0) is 17.9 Å². The molecular formula is C23H31N5O2S. The van der Waals surface area contributed by atoms with Crippen LogP contribution in [0.5, 0.6) is 0 Å². The van der Waals surface area contributed by atoms with E-state index in [1.165, 1.54) is 22.9 Å². The van der Waals surface area contributed by atoms with E-state index < -0.39 is 0 Å². The molecule has 166 valence electrons. The molecule has 0 spiro atoms. The van der Waals surface area contributed by atoms with Crippen LogP contribution in [0.15, 0.2) is 40.4 Å². The van der Waals surface area contributed by atoms with Gasteiger partial charge in [-0.1, -0.05) is 20.8 Å². The highest BCUT2D eigenvalue weighted by Gasteiger charge is 2.56. The molecular weight excluding hydrogens is 410 g/mol. The first-order valence-corrected chi connectivity index (χ1v) is 12.1. The summed E-state index contributed by atoms with van der Waals surface area (Å²) in [4.78, 5) is 29.9. The first kappa shape index (κ1) is 21.9. The highest BCUT2D eigenvalue weighted by Crippen LogP contribution is 2.61. The highest BCUT2D eigenvalue weighted by atomic mass is 32.2. The molecule has 3 fully saturated rings. The van der Waals surface area contributed by atoms with Gasteiger partial charge in [0.15, 0.2) is 0 Å². The number of aromatic nitrogens is 3. The second kappa shape index (κ2) is 8.65.